The summed E-state index contributed by atoms with van der Waals surface area (Å²) < 4.78 is 0. The number of rotatable bonds is 4. The molecule has 1 saturated heterocycles. The fourth-order valence-electron chi connectivity index (χ4n) is 2.62. The Balaban J connectivity index is 1.70. The molecule has 2 aromatic heterocycles. The van der Waals surface area contributed by atoms with Crippen LogP contribution >= 0.6 is 11.3 Å². The SMILES string of the molecule is CCC1(CNC(=O)c2cc3cccnc3s2)CCC(=O)N1. The molecule has 0 aromatic carbocycles. The highest BCUT2D eigenvalue weighted by molar-refractivity contribution is 7.20. The van der Waals surface area contributed by atoms with Gasteiger partial charge in [-0.25, -0.2) is 4.98 Å². The molecule has 5 nitrogen and oxygen atoms in total. The van der Waals surface area contributed by atoms with Crippen molar-refractivity contribution in [2.75, 3.05) is 6.54 Å². The lowest BCUT2D eigenvalue weighted by Gasteiger charge is -2.27. The number of hydrogen-bond acceptors (Lipinski definition) is 4. The first-order chi connectivity index (χ1) is 10.1. The summed E-state index contributed by atoms with van der Waals surface area (Å²) in [5.41, 5.74) is -0.290. The average molecular weight is 303 g/mol. The van der Waals surface area contributed by atoms with Gasteiger partial charge in [-0.3, -0.25) is 9.59 Å². The van der Waals surface area contributed by atoms with Crippen molar-refractivity contribution in [1.29, 1.82) is 0 Å². The summed E-state index contributed by atoms with van der Waals surface area (Å²) in [6, 6.07) is 5.66. The zero-order chi connectivity index (χ0) is 14.9. The molecule has 0 bridgehead atoms. The normalized spacial score (nSPS) is 21.5. The third-order valence-corrected chi connectivity index (χ3v) is 5.07. The molecule has 0 spiro atoms. The van der Waals surface area contributed by atoms with Crippen LogP contribution in [0.15, 0.2) is 24.4 Å². The van der Waals surface area contributed by atoms with E-state index in [4.69, 9.17) is 0 Å². The Morgan fingerprint density at radius 1 is 1.57 bits per heavy atom. The highest BCUT2D eigenvalue weighted by Gasteiger charge is 2.36. The van der Waals surface area contributed by atoms with Crippen LogP contribution in [-0.2, 0) is 4.79 Å². The molecule has 1 aliphatic heterocycles. The molecule has 1 aliphatic rings. The molecule has 110 valence electrons. The standard InChI is InChI=1S/C15H17N3O2S/c1-2-15(6-5-12(19)18-15)9-17-13(20)11-8-10-4-3-7-16-14(10)21-11/h3-4,7-8H,2,5-6,9H2,1H3,(H,17,20)(H,18,19). The molecular formula is C15H17N3O2S. The second kappa shape index (κ2) is 5.44. The highest BCUT2D eigenvalue weighted by atomic mass is 32.1. The number of nitrogens with one attached hydrogen (secondary N) is 2. The smallest absolute Gasteiger partial charge is 0.261 e. The first-order valence-corrected chi connectivity index (χ1v) is 7.87. The summed E-state index contributed by atoms with van der Waals surface area (Å²) in [7, 11) is 0. The maximum absolute atomic E-state index is 12.3. The topological polar surface area (TPSA) is 71.1 Å². The van der Waals surface area contributed by atoms with Crippen LogP contribution < -0.4 is 10.6 Å². The minimum absolute atomic E-state index is 0.0668. The van der Waals surface area contributed by atoms with Crippen molar-refractivity contribution in [2.24, 2.45) is 0 Å². The van der Waals surface area contributed by atoms with Crippen molar-refractivity contribution in [3.05, 3.63) is 29.3 Å². The molecule has 0 radical (unpaired) electrons. The van der Waals surface area contributed by atoms with Crippen LogP contribution in [0.2, 0.25) is 0 Å². The Morgan fingerprint density at radius 2 is 2.43 bits per heavy atom. The van der Waals surface area contributed by atoms with E-state index in [1.54, 1.807) is 6.20 Å². The molecule has 1 unspecified atom stereocenters. The van der Waals surface area contributed by atoms with Crippen molar-refractivity contribution < 1.29 is 9.59 Å². The van der Waals surface area contributed by atoms with Gasteiger partial charge in [-0.15, -0.1) is 11.3 Å². The van der Waals surface area contributed by atoms with Crippen LogP contribution in [0.5, 0.6) is 0 Å². The summed E-state index contributed by atoms with van der Waals surface area (Å²) in [6.45, 7) is 2.50. The monoisotopic (exact) mass is 303 g/mol. The van der Waals surface area contributed by atoms with E-state index in [0.29, 0.717) is 17.8 Å². The van der Waals surface area contributed by atoms with Gasteiger partial charge in [0.2, 0.25) is 5.91 Å². The number of amides is 2. The Morgan fingerprint density at radius 3 is 3.10 bits per heavy atom. The van der Waals surface area contributed by atoms with Gasteiger partial charge in [-0.05, 0) is 25.0 Å². The summed E-state index contributed by atoms with van der Waals surface area (Å²) in [5.74, 6) is -0.0378. The molecule has 0 aliphatic carbocycles. The number of carbonyl (C=O) groups excluding carboxylic acids is 2. The maximum atomic E-state index is 12.3. The third-order valence-electron chi connectivity index (χ3n) is 4.02. The Kier molecular flexibility index (Phi) is 3.63. The van der Waals surface area contributed by atoms with E-state index in [2.05, 4.69) is 15.6 Å². The molecule has 6 heteroatoms. The average Bonchev–Trinajstić information content (AvgIpc) is 3.09. The van der Waals surface area contributed by atoms with E-state index in [9.17, 15) is 9.59 Å². The van der Waals surface area contributed by atoms with Crippen molar-refractivity contribution in [2.45, 2.75) is 31.7 Å². The van der Waals surface area contributed by atoms with Gasteiger partial charge < -0.3 is 10.6 Å². The summed E-state index contributed by atoms with van der Waals surface area (Å²) in [5, 5.41) is 6.91. The van der Waals surface area contributed by atoms with Gasteiger partial charge >= 0.3 is 0 Å². The predicted octanol–water partition coefficient (Wildman–Crippen LogP) is 2.08. The van der Waals surface area contributed by atoms with Gasteiger partial charge in [0.05, 0.1) is 10.4 Å². The summed E-state index contributed by atoms with van der Waals surface area (Å²) >= 11 is 1.38. The van der Waals surface area contributed by atoms with Gasteiger partial charge in [0.1, 0.15) is 4.83 Å². The van der Waals surface area contributed by atoms with Crippen LogP contribution in [0.3, 0.4) is 0 Å². The molecule has 2 aromatic rings. The van der Waals surface area contributed by atoms with Gasteiger partial charge in [-0.1, -0.05) is 13.0 Å². The number of hydrogen-bond donors (Lipinski definition) is 2. The van der Waals surface area contributed by atoms with Crippen molar-refractivity contribution >= 4 is 33.4 Å². The highest BCUT2D eigenvalue weighted by Crippen LogP contribution is 2.25. The number of aromatic nitrogens is 1. The van der Waals surface area contributed by atoms with Crippen molar-refractivity contribution in [3.8, 4) is 0 Å². The van der Waals surface area contributed by atoms with E-state index >= 15 is 0 Å². The Labute approximate surface area is 126 Å². The molecule has 3 heterocycles. The second-order valence-corrected chi connectivity index (χ2v) is 6.40. The van der Waals surface area contributed by atoms with Crippen LogP contribution in [-0.4, -0.2) is 28.9 Å². The van der Waals surface area contributed by atoms with Crippen LogP contribution in [0.25, 0.3) is 10.2 Å². The van der Waals surface area contributed by atoms with E-state index in [1.807, 2.05) is 25.1 Å². The van der Waals surface area contributed by atoms with Gasteiger partial charge in [0, 0.05) is 24.5 Å². The van der Waals surface area contributed by atoms with Crippen LogP contribution in [0.4, 0.5) is 0 Å². The number of nitrogens with zero attached hydrogens (tertiary/aromatic N) is 1. The van der Waals surface area contributed by atoms with E-state index < -0.39 is 0 Å². The number of carbonyl (C=O) groups is 2. The molecule has 3 rings (SSSR count). The van der Waals surface area contributed by atoms with Crippen LogP contribution in [0, 0.1) is 0 Å². The van der Waals surface area contributed by atoms with E-state index in [1.165, 1.54) is 11.3 Å². The number of pyridine rings is 1. The summed E-state index contributed by atoms with van der Waals surface area (Å²) in [4.78, 5) is 29.4. The van der Waals surface area contributed by atoms with Crippen molar-refractivity contribution in [3.63, 3.8) is 0 Å². The van der Waals surface area contributed by atoms with Gasteiger partial charge in [0.15, 0.2) is 0 Å². The molecule has 0 saturated carbocycles. The van der Waals surface area contributed by atoms with Crippen molar-refractivity contribution in [1.82, 2.24) is 15.6 Å². The lowest BCUT2D eigenvalue weighted by atomic mass is 9.94. The lowest BCUT2D eigenvalue weighted by molar-refractivity contribution is -0.119. The zero-order valence-corrected chi connectivity index (χ0v) is 12.6. The van der Waals surface area contributed by atoms with E-state index in [-0.39, 0.29) is 17.4 Å². The number of fused-ring (bicyclic) bond motifs is 1. The maximum Gasteiger partial charge on any atom is 0.261 e. The minimum atomic E-state index is -0.290. The summed E-state index contributed by atoms with van der Waals surface area (Å²) in [6.07, 6.45) is 3.85. The Hall–Kier alpha value is -1.95. The first-order valence-electron chi connectivity index (χ1n) is 7.06. The fraction of sp³-hybridized carbons (Fsp3) is 0.400. The quantitative estimate of drug-likeness (QED) is 0.908. The molecule has 1 fully saturated rings. The third kappa shape index (κ3) is 2.76. The van der Waals surface area contributed by atoms with E-state index in [0.717, 1.165) is 23.1 Å². The minimum Gasteiger partial charge on any atom is -0.349 e. The van der Waals surface area contributed by atoms with Gasteiger partial charge in [-0.2, -0.15) is 0 Å². The number of thiophene rings is 1. The van der Waals surface area contributed by atoms with Crippen LogP contribution in [0.1, 0.15) is 35.9 Å². The van der Waals surface area contributed by atoms with Gasteiger partial charge in [0.25, 0.3) is 5.91 Å². The molecular weight excluding hydrogens is 286 g/mol. The predicted molar refractivity (Wildman–Crippen MR) is 82.4 cm³/mol. The molecule has 1 atom stereocenters. The first kappa shape index (κ1) is 14.0. The molecule has 2 amide bonds. The Bertz CT molecular complexity index is 664. The zero-order valence-electron chi connectivity index (χ0n) is 11.8. The molecule has 21 heavy (non-hydrogen) atoms. The fourth-order valence-corrected chi connectivity index (χ4v) is 3.54. The second-order valence-electron chi connectivity index (χ2n) is 5.37. The lowest BCUT2D eigenvalue weighted by Crippen LogP contribution is -2.50. The molecule has 2 N–H and O–H groups in total. The largest absolute Gasteiger partial charge is 0.349 e.